The first-order valence-corrected chi connectivity index (χ1v) is 6.40. The van der Waals surface area contributed by atoms with Gasteiger partial charge in [0.25, 0.3) is 0 Å². The Morgan fingerprint density at radius 1 is 1.50 bits per heavy atom. The number of imidazole rings is 1. The van der Waals surface area contributed by atoms with Crippen molar-refractivity contribution in [2.24, 2.45) is 5.92 Å². The summed E-state index contributed by atoms with van der Waals surface area (Å²) in [5.74, 6) is 1.21. The summed E-state index contributed by atoms with van der Waals surface area (Å²) in [5, 5.41) is 3.00. The Bertz CT molecular complexity index is 598. The normalized spacial score (nSPS) is 16.8. The first kappa shape index (κ1) is 11.3. The van der Waals surface area contributed by atoms with Gasteiger partial charge in [-0.25, -0.2) is 4.98 Å². The van der Waals surface area contributed by atoms with E-state index in [9.17, 15) is 4.79 Å². The lowest BCUT2D eigenvalue weighted by Gasteiger charge is -2.10. The summed E-state index contributed by atoms with van der Waals surface area (Å²) in [4.78, 5) is 19.5. The number of aromatic amines is 1. The van der Waals surface area contributed by atoms with E-state index < -0.39 is 0 Å². The van der Waals surface area contributed by atoms with E-state index in [2.05, 4.69) is 28.3 Å². The monoisotopic (exact) mass is 243 g/mol. The van der Waals surface area contributed by atoms with Crippen LogP contribution in [0.2, 0.25) is 0 Å². The third kappa shape index (κ3) is 2.10. The standard InChI is InChI=1S/C14H17N3O/c1-8-3-6-11-12(7-8)17-13(16-11)9(2)15-14(18)10-4-5-10/h3,6-7,9-10H,4-5H2,1-2H3,(H,15,18)(H,16,17). The number of nitrogens with zero attached hydrogens (tertiary/aromatic N) is 1. The van der Waals surface area contributed by atoms with Gasteiger partial charge < -0.3 is 10.3 Å². The number of nitrogens with one attached hydrogen (secondary N) is 2. The van der Waals surface area contributed by atoms with Crippen LogP contribution in [0.5, 0.6) is 0 Å². The summed E-state index contributed by atoms with van der Waals surface area (Å²) in [5.41, 5.74) is 3.17. The predicted molar refractivity (Wildman–Crippen MR) is 70.1 cm³/mol. The average Bonchev–Trinajstić information content (AvgIpc) is 3.09. The molecule has 1 unspecified atom stereocenters. The Morgan fingerprint density at radius 3 is 3.00 bits per heavy atom. The summed E-state index contributed by atoms with van der Waals surface area (Å²) < 4.78 is 0. The molecular weight excluding hydrogens is 226 g/mol. The molecule has 94 valence electrons. The topological polar surface area (TPSA) is 57.8 Å². The maximum atomic E-state index is 11.7. The van der Waals surface area contributed by atoms with E-state index in [4.69, 9.17) is 0 Å². The number of amides is 1. The van der Waals surface area contributed by atoms with Gasteiger partial charge in [-0.2, -0.15) is 0 Å². The molecule has 0 saturated heterocycles. The van der Waals surface area contributed by atoms with Gasteiger partial charge in [0, 0.05) is 5.92 Å². The zero-order valence-corrected chi connectivity index (χ0v) is 10.7. The van der Waals surface area contributed by atoms with E-state index in [-0.39, 0.29) is 17.9 Å². The fourth-order valence-electron chi connectivity index (χ4n) is 2.09. The predicted octanol–water partition coefficient (Wildman–Crippen LogP) is 2.46. The van der Waals surface area contributed by atoms with Crippen LogP contribution < -0.4 is 5.32 Å². The van der Waals surface area contributed by atoms with Crippen molar-refractivity contribution in [3.8, 4) is 0 Å². The highest BCUT2D eigenvalue weighted by Crippen LogP contribution is 2.29. The van der Waals surface area contributed by atoms with Gasteiger partial charge in [-0.15, -0.1) is 0 Å². The van der Waals surface area contributed by atoms with Crippen LogP contribution in [0.25, 0.3) is 11.0 Å². The van der Waals surface area contributed by atoms with Crippen LogP contribution in [-0.4, -0.2) is 15.9 Å². The summed E-state index contributed by atoms with van der Waals surface area (Å²) in [7, 11) is 0. The number of carbonyl (C=O) groups excluding carboxylic acids is 1. The molecule has 1 fully saturated rings. The van der Waals surface area contributed by atoms with Crippen molar-refractivity contribution < 1.29 is 4.79 Å². The van der Waals surface area contributed by atoms with Crippen LogP contribution in [-0.2, 0) is 4.79 Å². The third-order valence-electron chi connectivity index (χ3n) is 3.37. The molecule has 0 aliphatic heterocycles. The van der Waals surface area contributed by atoms with Crippen molar-refractivity contribution in [1.29, 1.82) is 0 Å². The van der Waals surface area contributed by atoms with Gasteiger partial charge in [0.05, 0.1) is 17.1 Å². The molecule has 2 aromatic rings. The number of aromatic nitrogens is 2. The Balaban J connectivity index is 1.82. The second kappa shape index (κ2) is 4.12. The summed E-state index contributed by atoms with van der Waals surface area (Å²) in [6.07, 6.45) is 2.05. The molecule has 3 rings (SSSR count). The Hall–Kier alpha value is -1.84. The minimum atomic E-state index is -0.0641. The van der Waals surface area contributed by atoms with E-state index in [1.807, 2.05) is 19.1 Å². The van der Waals surface area contributed by atoms with Crippen LogP contribution in [0.3, 0.4) is 0 Å². The molecule has 1 aromatic heterocycles. The van der Waals surface area contributed by atoms with Gasteiger partial charge in [0.1, 0.15) is 5.82 Å². The van der Waals surface area contributed by atoms with Crippen molar-refractivity contribution in [3.63, 3.8) is 0 Å². The Labute approximate surface area is 106 Å². The maximum absolute atomic E-state index is 11.7. The van der Waals surface area contributed by atoms with Crippen molar-refractivity contribution >= 4 is 16.9 Å². The number of H-pyrrole nitrogens is 1. The average molecular weight is 243 g/mol. The van der Waals surface area contributed by atoms with Gasteiger partial charge in [0.2, 0.25) is 5.91 Å². The quantitative estimate of drug-likeness (QED) is 0.870. The van der Waals surface area contributed by atoms with Crippen molar-refractivity contribution in [2.45, 2.75) is 32.7 Å². The molecule has 0 bridgehead atoms. The number of carbonyl (C=O) groups is 1. The summed E-state index contributed by atoms with van der Waals surface area (Å²) in [6, 6.07) is 6.05. The summed E-state index contributed by atoms with van der Waals surface area (Å²) in [6.45, 7) is 4.02. The largest absolute Gasteiger partial charge is 0.346 e. The van der Waals surface area contributed by atoms with E-state index >= 15 is 0 Å². The van der Waals surface area contributed by atoms with Gasteiger partial charge in [-0.05, 0) is 44.4 Å². The first-order chi connectivity index (χ1) is 8.63. The molecule has 1 aliphatic carbocycles. The molecule has 0 radical (unpaired) electrons. The zero-order valence-electron chi connectivity index (χ0n) is 10.7. The molecule has 4 heteroatoms. The second-order valence-electron chi connectivity index (χ2n) is 5.15. The molecular formula is C14H17N3O. The summed E-state index contributed by atoms with van der Waals surface area (Å²) >= 11 is 0. The number of benzene rings is 1. The van der Waals surface area contributed by atoms with E-state index in [1.165, 1.54) is 5.56 Å². The lowest BCUT2D eigenvalue weighted by Crippen LogP contribution is -2.28. The minimum absolute atomic E-state index is 0.0641. The third-order valence-corrected chi connectivity index (χ3v) is 3.37. The fraction of sp³-hybridized carbons (Fsp3) is 0.429. The van der Waals surface area contributed by atoms with Crippen LogP contribution in [0.4, 0.5) is 0 Å². The van der Waals surface area contributed by atoms with Gasteiger partial charge >= 0.3 is 0 Å². The van der Waals surface area contributed by atoms with Crippen molar-refractivity contribution in [3.05, 3.63) is 29.6 Å². The van der Waals surface area contributed by atoms with Crippen molar-refractivity contribution in [1.82, 2.24) is 15.3 Å². The molecule has 1 heterocycles. The molecule has 1 aromatic carbocycles. The van der Waals surface area contributed by atoms with E-state index in [0.29, 0.717) is 0 Å². The maximum Gasteiger partial charge on any atom is 0.223 e. The van der Waals surface area contributed by atoms with Crippen LogP contribution in [0.1, 0.15) is 37.2 Å². The molecule has 2 N–H and O–H groups in total. The smallest absolute Gasteiger partial charge is 0.223 e. The fourth-order valence-corrected chi connectivity index (χ4v) is 2.09. The molecule has 18 heavy (non-hydrogen) atoms. The number of hydrogen-bond acceptors (Lipinski definition) is 2. The van der Waals surface area contributed by atoms with Gasteiger partial charge in [0.15, 0.2) is 0 Å². The van der Waals surface area contributed by atoms with Gasteiger partial charge in [-0.1, -0.05) is 6.07 Å². The van der Waals surface area contributed by atoms with Crippen molar-refractivity contribution in [2.75, 3.05) is 0 Å². The molecule has 1 aliphatic rings. The minimum Gasteiger partial charge on any atom is -0.346 e. The first-order valence-electron chi connectivity index (χ1n) is 6.40. The van der Waals surface area contributed by atoms with Gasteiger partial charge in [-0.3, -0.25) is 4.79 Å². The number of fused-ring (bicyclic) bond motifs is 1. The molecule has 4 nitrogen and oxygen atoms in total. The lowest BCUT2D eigenvalue weighted by atomic mass is 10.2. The Kier molecular flexibility index (Phi) is 2.58. The highest BCUT2D eigenvalue weighted by Gasteiger charge is 2.30. The molecule has 0 spiro atoms. The second-order valence-corrected chi connectivity index (χ2v) is 5.15. The number of aryl methyl sites for hydroxylation is 1. The zero-order chi connectivity index (χ0) is 12.7. The molecule has 1 atom stereocenters. The number of rotatable bonds is 3. The van der Waals surface area contributed by atoms with Crippen LogP contribution >= 0.6 is 0 Å². The Morgan fingerprint density at radius 2 is 2.28 bits per heavy atom. The number of hydrogen-bond donors (Lipinski definition) is 2. The van der Waals surface area contributed by atoms with Crippen LogP contribution in [0.15, 0.2) is 18.2 Å². The highest BCUT2D eigenvalue weighted by atomic mass is 16.2. The highest BCUT2D eigenvalue weighted by molar-refractivity contribution is 5.81. The lowest BCUT2D eigenvalue weighted by molar-refractivity contribution is -0.123. The van der Waals surface area contributed by atoms with Crippen LogP contribution in [0, 0.1) is 12.8 Å². The van der Waals surface area contributed by atoms with E-state index in [1.54, 1.807) is 0 Å². The van der Waals surface area contributed by atoms with E-state index in [0.717, 1.165) is 29.7 Å². The molecule has 1 saturated carbocycles. The SMILES string of the molecule is Cc1ccc2nc(C(C)NC(=O)C3CC3)[nH]c2c1. The molecule has 1 amide bonds.